The molecule has 7 heteroatoms. The minimum absolute atomic E-state index is 0.113. The van der Waals surface area contributed by atoms with Gasteiger partial charge < -0.3 is 15.0 Å². The zero-order valence-corrected chi connectivity index (χ0v) is 17.6. The largest absolute Gasteiger partial charge is 0.416 e. The average Bonchev–Trinajstić information content (AvgIpc) is 3.21. The van der Waals surface area contributed by atoms with E-state index < -0.39 is 11.7 Å². The molecule has 2 aromatic rings. The number of halogens is 3. The van der Waals surface area contributed by atoms with Crippen LogP contribution in [-0.4, -0.2) is 32.2 Å². The van der Waals surface area contributed by atoms with Crippen molar-refractivity contribution in [2.24, 2.45) is 0 Å². The molecule has 1 atom stereocenters. The number of nitrogens with one attached hydrogen (secondary N) is 1. The van der Waals surface area contributed by atoms with Gasteiger partial charge in [-0.15, -0.1) is 0 Å². The molecular formula is C24H25F3N2O2. The van der Waals surface area contributed by atoms with Crippen molar-refractivity contribution in [2.75, 3.05) is 25.2 Å². The van der Waals surface area contributed by atoms with Crippen LogP contribution in [0, 0.1) is 0 Å². The van der Waals surface area contributed by atoms with E-state index in [2.05, 4.69) is 5.32 Å². The molecule has 4 nitrogen and oxygen atoms in total. The monoisotopic (exact) mass is 430 g/mol. The van der Waals surface area contributed by atoms with Crippen LogP contribution in [-0.2, 0) is 10.9 Å². The number of benzene rings is 2. The Morgan fingerprint density at radius 2 is 1.90 bits per heavy atom. The molecule has 0 radical (unpaired) electrons. The molecule has 0 bridgehead atoms. The van der Waals surface area contributed by atoms with Gasteiger partial charge in [-0.1, -0.05) is 0 Å². The molecule has 0 fully saturated rings. The molecule has 0 spiro atoms. The SMILES string of the molecule is COC[C@H](C)NC(=O)c1ccc2c(c1)C1=C(CCC1)CN2c1ccc(C(F)(F)F)cc1. The second kappa shape index (κ2) is 8.38. The predicted octanol–water partition coefficient (Wildman–Crippen LogP) is 5.56. The summed E-state index contributed by atoms with van der Waals surface area (Å²) < 4.78 is 44.0. The molecule has 1 aliphatic heterocycles. The molecule has 1 aliphatic carbocycles. The number of alkyl halides is 3. The van der Waals surface area contributed by atoms with Crippen molar-refractivity contribution in [2.45, 2.75) is 38.4 Å². The average molecular weight is 430 g/mol. The number of ether oxygens (including phenoxy) is 1. The van der Waals surface area contributed by atoms with E-state index in [0.717, 1.165) is 42.6 Å². The Hall–Kier alpha value is -2.80. The van der Waals surface area contributed by atoms with Crippen LogP contribution in [0.4, 0.5) is 24.5 Å². The third kappa shape index (κ3) is 4.32. The van der Waals surface area contributed by atoms with E-state index in [9.17, 15) is 18.0 Å². The number of carbonyl (C=O) groups excluding carboxylic acids is 1. The van der Waals surface area contributed by atoms with Crippen LogP contribution in [0.1, 0.15) is 47.7 Å². The van der Waals surface area contributed by atoms with Gasteiger partial charge in [-0.05, 0) is 79.8 Å². The molecule has 164 valence electrons. The third-order valence-electron chi connectivity index (χ3n) is 5.86. The lowest BCUT2D eigenvalue weighted by Crippen LogP contribution is -2.35. The van der Waals surface area contributed by atoms with Crippen molar-refractivity contribution in [1.29, 1.82) is 0 Å². The number of allylic oxidation sites excluding steroid dienone is 1. The Balaban J connectivity index is 1.68. The Kier molecular flexibility index (Phi) is 5.79. The molecule has 2 aliphatic rings. The van der Waals surface area contributed by atoms with Gasteiger partial charge in [0.2, 0.25) is 0 Å². The Labute approximate surface area is 179 Å². The summed E-state index contributed by atoms with van der Waals surface area (Å²) in [5, 5.41) is 2.93. The predicted molar refractivity (Wildman–Crippen MR) is 114 cm³/mol. The first-order valence-corrected chi connectivity index (χ1v) is 10.4. The lowest BCUT2D eigenvalue weighted by Gasteiger charge is -2.33. The summed E-state index contributed by atoms with van der Waals surface area (Å²) in [6, 6.07) is 10.7. The van der Waals surface area contributed by atoms with E-state index in [-0.39, 0.29) is 11.9 Å². The summed E-state index contributed by atoms with van der Waals surface area (Å²) in [5.74, 6) is -0.167. The summed E-state index contributed by atoms with van der Waals surface area (Å²) in [5.41, 5.74) is 5.07. The summed E-state index contributed by atoms with van der Waals surface area (Å²) in [7, 11) is 1.59. The van der Waals surface area contributed by atoms with Crippen LogP contribution in [0.15, 0.2) is 48.0 Å². The zero-order chi connectivity index (χ0) is 22.2. The number of anilines is 2. The Morgan fingerprint density at radius 3 is 2.58 bits per heavy atom. The molecule has 1 amide bonds. The molecule has 2 aromatic carbocycles. The maximum absolute atomic E-state index is 13.0. The van der Waals surface area contributed by atoms with E-state index in [1.54, 1.807) is 13.2 Å². The zero-order valence-electron chi connectivity index (χ0n) is 17.6. The highest BCUT2D eigenvalue weighted by atomic mass is 19.4. The van der Waals surface area contributed by atoms with Crippen LogP contribution in [0.3, 0.4) is 0 Å². The highest BCUT2D eigenvalue weighted by Crippen LogP contribution is 2.46. The number of carbonyl (C=O) groups is 1. The Bertz CT molecular complexity index is 1010. The number of amides is 1. The van der Waals surface area contributed by atoms with Crippen molar-refractivity contribution in [3.8, 4) is 0 Å². The quantitative estimate of drug-likeness (QED) is 0.675. The maximum atomic E-state index is 13.0. The number of hydrogen-bond acceptors (Lipinski definition) is 3. The van der Waals surface area contributed by atoms with Gasteiger partial charge in [0.25, 0.3) is 5.91 Å². The van der Waals surface area contributed by atoms with Crippen LogP contribution < -0.4 is 10.2 Å². The summed E-state index contributed by atoms with van der Waals surface area (Å²) >= 11 is 0. The number of hydrogen-bond donors (Lipinski definition) is 1. The van der Waals surface area contributed by atoms with Gasteiger partial charge in [0, 0.05) is 42.2 Å². The number of rotatable bonds is 5. The van der Waals surface area contributed by atoms with Crippen molar-refractivity contribution in [3.05, 3.63) is 64.7 Å². The highest BCUT2D eigenvalue weighted by Gasteiger charge is 2.32. The van der Waals surface area contributed by atoms with Gasteiger partial charge >= 0.3 is 6.18 Å². The smallest absolute Gasteiger partial charge is 0.383 e. The standard InChI is InChI=1S/C24H25F3N2O2/c1-15(14-31-2)28-23(30)16-6-11-22-21(12-16)20-5-3-4-17(20)13-29(22)19-9-7-18(8-10-19)24(25,26)27/h6-12,15H,3-5,13-14H2,1-2H3,(H,28,30)/t15-/m0/s1. The highest BCUT2D eigenvalue weighted by molar-refractivity contribution is 5.98. The van der Waals surface area contributed by atoms with Crippen molar-refractivity contribution < 1.29 is 22.7 Å². The molecule has 0 saturated carbocycles. The normalized spacial score (nSPS) is 16.7. The first-order valence-electron chi connectivity index (χ1n) is 10.4. The third-order valence-corrected chi connectivity index (χ3v) is 5.86. The van der Waals surface area contributed by atoms with Gasteiger partial charge in [-0.2, -0.15) is 13.2 Å². The van der Waals surface area contributed by atoms with Crippen LogP contribution in [0.25, 0.3) is 5.57 Å². The molecule has 0 unspecified atom stereocenters. The van der Waals surface area contributed by atoms with E-state index in [0.29, 0.717) is 24.4 Å². The lowest BCUT2D eigenvalue weighted by atomic mass is 9.93. The maximum Gasteiger partial charge on any atom is 0.416 e. The minimum Gasteiger partial charge on any atom is -0.383 e. The summed E-state index contributed by atoms with van der Waals surface area (Å²) in [6.45, 7) is 2.96. The molecular weight excluding hydrogens is 405 g/mol. The molecule has 0 aromatic heterocycles. The first-order chi connectivity index (χ1) is 14.8. The second-order valence-corrected chi connectivity index (χ2v) is 8.13. The van der Waals surface area contributed by atoms with Crippen LogP contribution in [0.2, 0.25) is 0 Å². The van der Waals surface area contributed by atoms with Gasteiger partial charge in [0.15, 0.2) is 0 Å². The molecule has 1 heterocycles. The van der Waals surface area contributed by atoms with Crippen molar-refractivity contribution >= 4 is 22.9 Å². The van der Waals surface area contributed by atoms with E-state index in [1.807, 2.05) is 24.0 Å². The molecule has 1 N–H and O–H groups in total. The second-order valence-electron chi connectivity index (χ2n) is 8.13. The van der Waals surface area contributed by atoms with Gasteiger partial charge in [0.1, 0.15) is 0 Å². The summed E-state index contributed by atoms with van der Waals surface area (Å²) in [6.07, 6.45) is -1.39. The van der Waals surface area contributed by atoms with Crippen LogP contribution >= 0.6 is 0 Å². The van der Waals surface area contributed by atoms with E-state index >= 15 is 0 Å². The summed E-state index contributed by atoms with van der Waals surface area (Å²) in [4.78, 5) is 14.7. The fourth-order valence-corrected chi connectivity index (χ4v) is 4.40. The van der Waals surface area contributed by atoms with Gasteiger partial charge in [0.05, 0.1) is 12.2 Å². The first kappa shape index (κ1) is 21.4. The number of nitrogens with zero attached hydrogens (tertiary/aromatic N) is 1. The molecule has 4 rings (SSSR count). The van der Waals surface area contributed by atoms with Crippen molar-refractivity contribution in [1.82, 2.24) is 5.32 Å². The lowest BCUT2D eigenvalue weighted by molar-refractivity contribution is -0.137. The molecule has 0 saturated heterocycles. The fraction of sp³-hybridized carbons (Fsp3) is 0.375. The number of methoxy groups -OCH3 is 1. The van der Waals surface area contributed by atoms with Crippen molar-refractivity contribution in [3.63, 3.8) is 0 Å². The number of fused-ring (bicyclic) bond motifs is 2. The topological polar surface area (TPSA) is 41.6 Å². The van der Waals surface area contributed by atoms with E-state index in [4.69, 9.17) is 4.74 Å². The molecule has 31 heavy (non-hydrogen) atoms. The van der Waals surface area contributed by atoms with E-state index in [1.165, 1.54) is 23.3 Å². The van der Waals surface area contributed by atoms with Gasteiger partial charge in [-0.3, -0.25) is 4.79 Å². The Morgan fingerprint density at radius 1 is 1.16 bits per heavy atom. The fourth-order valence-electron chi connectivity index (χ4n) is 4.40. The van der Waals surface area contributed by atoms with Gasteiger partial charge in [-0.25, -0.2) is 0 Å². The minimum atomic E-state index is -4.36. The van der Waals surface area contributed by atoms with Crippen LogP contribution in [0.5, 0.6) is 0 Å².